The number of carbonyl (C=O) groups excluding carboxylic acids is 1. The Bertz CT molecular complexity index is 1340. The Morgan fingerprint density at radius 1 is 1.10 bits per heavy atom. The molecule has 4 rings (SSSR count). The summed E-state index contributed by atoms with van der Waals surface area (Å²) in [6.07, 6.45) is 0.534. The molecule has 3 heterocycles. The van der Waals surface area contributed by atoms with Crippen molar-refractivity contribution in [3.63, 3.8) is 0 Å². The number of hydrogen-bond acceptors (Lipinski definition) is 5. The highest BCUT2D eigenvalue weighted by molar-refractivity contribution is 7.17. The molecule has 0 radical (unpaired) electrons. The zero-order valence-corrected chi connectivity index (χ0v) is 17.8. The second-order valence-corrected chi connectivity index (χ2v) is 8.85. The minimum atomic E-state index is -0.676. The van der Waals surface area contributed by atoms with Crippen LogP contribution in [-0.2, 0) is 24.3 Å². The van der Waals surface area contributed by atoms with Crippen molar-refractivity contribution in [3.8, 4) is 0 Å². The van der Waals surface area contributed by atoms with Gasteiger partial charge in [-0.1, -0.05) is 17.7 Å². The van der Waals surface area contributed by atoms with Gasteiger partial charge >= 0.3 is 5.69 Å². The molecule has 0 saturated carbocycles. The molecule has 0 aliphatic carbocycles. The van der Waals surface area contributed by atoms with Gasteiger partial charge in [0, 0.05) is 16.4 Å². The highest BCUT2D eigenvalue weighted by Gasteiger charge is 2.17. The first-order valence-electron chi connectivity index (χ1n) is 8.92. The highest BCUT2D eigenvalue weighted by Crippen LogP contribution is 2.19. The van der Waals surface area contributed by atoms with Gasteiger partial charge in [0.05, 0.1) is 11.2 Å². The molecule has 0 aliphatic rings. The van der Waals surface area contributed by atoms with E-state index in [2.05, 4.69) is 5.32 Å². The van der Waals surface area contributed by atoms with Crippen molar-refractivity contribution in [1.29, 1.82) is 0 Å². The van der Waals surface area contributed by atoms with Crippen LogP contribution in [0.2, 0.25) is 5.02 Å². The lowest BCUT2D eigenvalue weighted by Crippen LogP contribution is -2.41. The van der Waals surface area contributed by atoms with Crippen molar-refractivity contribution in [2.24, 2.45) is 0 Å². The van der Waals surface area contributed by atoms with Crippen LogP contribution in [0, 0.1) is 5.82 Å². The maximum atomic E-state index is 14.0. The van der Waals surface area contributed by atoms with Crippen LogP contribution < -0.4 is 16.6 Å². The number of rotatable bonds is 6. The van der Waals surface area contributed by atoms with Crippen molar-refractivity contribution in [2.75, 3.05) is 5.32 Å². The molecule has 1 aromatic carbocycles. The maximum absolute atomic E-state index is 14.0. The standard InChI is InChI=1S/C20H15ClFN3O3S2/c21-12-3-4-15(14(22)10-12)23-17(26)11-25-16-6-9-30-18(16)19(27)24(20(25)28)7-5-13-2-1-8-29-13/h1-4,6,8-10H,5,7,11H2,(H,23,26). The topological polar surface area (TPSA) is 73.1 Å². The summed E-state index contributed by atoms with van der Waals surface area (Å²) in [7, 11) is 0. The monoisotopic (exact) mass is 463 g/mol. The Labute approximate surface area is 182 Å². The second-order valence-electron chi connectivity index (χ2n) is 6.46. The summed E-state index contributed by atoms with van der Waals surface area (Å²) >= 11 is 8.49. The molecular weight excluding hydrogens is 449 g/mol. The third kappa shape index (κ3) is 4.09. The summed E-state index contributed by atoms with van der Waals surface area (Å²) in [5.74, 6) is -1.26. The predicted molar refractivity (Wildman–Crippen MR) is 118 cm³/mol. The van der Waals surface area contributed by atoms with Gasteiger partial charge in [-0.05, 0) is 47.5 Å². The molecule has 1 N–H and O–H groups in total. The molecule has 0 spiro atoms. The summed E-state index contributed by atoms with van der Waals surface area (Å²) < 4.78 is 16.8. The number of anilines is 1. The normalized spacial score (nSPS) is 11.1. The number of amides is 1. The predicted octanol–water partition coefficient (Wildman–Crippen LogP) is 3.96. The number of halogens is 2. The zero-order valence-electron chi connectivity index (χ0n) is 15.4. The van der Waals surface area contributed by atoms with Crippen molar-refractivity contribution in [3.05, 3.63) is 83.7 Å². The van der Waals surface area contributed by atoms with Crippen LogP contribution >= 0.6 is 34.3 Å². The molecule has 0 atom stereocenters. The van der Waals surface area contributed by atoms with Crippen LogP contribution in [0.25, 0.3) is 10.2 Å². The number of thiophene rings is 2. The van der Waals surface area contributed by atoms with Crippen molar-refractivity contribution in [1.82, 2.24) is 9.13 Å². The lowest BCUT2D eigenvalue weighted by atomic mass is 10.3. The SMILES string of the molecule is O=C(Cn1c(=O)n(CCc2cccs2)c(=O)c2sccc21)Nc1ccc(Cl)cc1F. The van der Waals surface area contributed by atoms with E-state index in [9.17, 15) is 18.8 Å². The van der Waals surface area contributed by atoms with E-state index in [1.54, 1.807) is 22.8 Å². The summed E-state index contributed by atoms with van der Waals surface area (Å²) in [6.45, 7) is -0.146. The van der Waals surface area contributed by atoms with Gasteiger partial charge in [-0.2, -0.15) is 0 Å². The van der Waals surface area contributed by atoms with E-state index >= 15 is 0 Å². The van der Waals surface area contributed by atoms with Gasteiger partial charge in [0.1, 0.15) is 17.1 Å². The summed E-state index contributed by atoms with van der Waals surface area (Å²) in [4.78, 5) is 39.4. The Morgan fingerprint density at radius 3 is 2.67 bits per heavy atom. The minimum absolute atomic E-state index is 0.0370. The Hall–Kier alpha value is -2.75. The third-order valence-corrected chi connectivity index (χ3v) is 6.57. The van der Waals surface area contributed by atoms with E-state index in [-0.39, 0.29) is 29.4 Å². The highest BCUT2D eigenvalue weighted by atomic mass is 35.5. The van der Waals surface area contributed by atoms with Crippen molar-refractivity contribution >= 4 is 56.1 Å². The number of nitrogens with one attached hydrogen (secondary N) is 1. The number of aryl methyl sites for hydroxylation is 1. The summed E-state index contributed by atoms with van der Waals surface area (Å²) in [5, 5.41) is 6.28. The molecule has 0 bridgehead atoms. The lowest BCUT2D eigenvalue weighted by Gasteiger charge is -2.12. The zero-order chi connectivity index (χ0) is 21.3. The third-order valence-electron chi connectivity index (χ3n) is 4.51. The molecule has 10 heteroatoms. The van der Waals surface area contributed by atoms with Crippen LogP contribution in [0.15, 0.2) is 56.7 Å². The Balaban J connectivity index is 1.66. The van der Waals surface area contributed by atoms with Crippen LogP contribution in [0.5, 0.6) is 0 Å². The van der Waals surface area contributed by atoms with Crippen LogP contribution in [0.4, 0.5) is 10.1 Å². The Morgan fingerprint density at radius 2 is 1.93 bits per heavy atom. The number of carbonyl (C=O) groups is 1. The fraction of sp³-hybridized carbons (Fsp3) is 0.150. The molecule has 0 fully saturated rings. The molecular formula is C20H15ClFN3O3S2. The maximum Gasteiger partial charge on any atom is 0.332 e. The van der Waals surface area contributed by atoms with Gasteiger partial charge in [0.15, 0.2) is 0 Å². The molecule has 0 saturated heterocycles. The quantitative estimate of drug-likeness (QED) is 0.470. The van der Waals surface area contributed by atoms with Crippen LogP contribution in [0.3, 0.4) is 0 Å². The molecule has 3 aromatic heterocycles. The average molecular weight is 464 g/mol. The molecule has 0 unspecified atom stereocenters. The number of nitrogens with zero attached hydrogens (tertiary/aromatic N) is 2. The molecule has 154 valence electrons. The van der Waals surface area contributed by atoms with Gasteiger partial charge in [-0.3, -0.25) is 18.7 Å². The van der Waals surface area contributed by atoms with Crippen LogP contribution in [-0.4, -0.2) is 15.0 Å². The number of fused-ring (bicyclic) bond motifs is 1. The number of aromatic nitrogens is 2. The fourth-order valence-corrected chi connectivity index (χ4v) is 4.78. The number of hydrogen-bond donors (Lipinski definition) is 1. The van der Waals surface area contributed by atoms with Gasteiger partial charge < -0.3 is 5.32 Å². The van der Waals surface area contributed by atoms with E-state index < -0.39 is 17.4 Å². The van der Waals surface area contributed by atoms with Gasteiger partial charge in [0.2, 0.25) is 5.91 Å². The first-order valence-corrected chi connectivity index (χ1v) is 11.1. The van der Waals surface area contributed by atoms with Gasteiger partial charge in [-0.25, -0.2) is 9.18 Å². The van der Waals surface area contributed by atoms with E-state index in [1.165, 1.54) is 28.0 Å². The molecule has 0 aliphatic heterocycles. The van der Waals surface area contributed by atoms with Gasteiger partial charge in [0.25, 0.3) is 5.56 Å². The molecule has 1 amide bonds. The summed E-state index contributed by atoms with van der Waals surface area (Å²) in [6, 6.07) is 9.36. The fourth-order valence-electron chi connectivity index (χ4n) is 3.08. The van der Waals surface area contributed by atoms with Crippen molar-refractivity contribution < 1.29 is 9.18 Å². The molecule has 30 heavy (non-hydrogen) atoms. The first-order chi connectivity index (χ1) is 14.4. The van der Waals surface area contributed by atoms with E-state index in [4.69, 9.17) is 11.6 Å². The average Bonchev–Trinajstić information content (AvgIpc) is 3.39. The van der Waals surface area contributed by atoms with Crippen molar-refractivity contribution in [2.45, 2.75) is 19.5 Å². The van der Waals surface area contributed by atoms with E-state index in [0.717, 1.165) is 15.5 Å². The second kappa shape index (κ2) is 8.55. The van der Waals surface area contributed by atoms with Crippen LogP contribution in [0.1, 0.15) is 4.88 Å². The summed E-state index contributed by atoms with van der Waals surface area (Å²) in [5.41, 5.74) is -0.602. The van der Waals surface area contributed by atoms with Gasteiger partial charge in [-0.15, -0.1) is 22.7 Å². The molecule has 4 aromatic rings. The van der Waals surface area contributed by atoms with E-state index in [0.29, 0.717) is 16.6 Å². The van der Waals surface area contributed by atoms with E-state index in [1.807, 2.05) is 17.5 Å². The first kappa shape index (κ1) is 20.5. The largest absolute Gasteiger partial charge is 0.332 e. The molecule has 6 nitrogen and oxygen atoms in total. The lowest BCUT2D eigenvalue weighted by molar-refractivity contribution is -0.116. The Kier molecular flexibility index (Phi) is 5.85. The smallest absolute Gasteiger partial charge is 0.322 e. The number of benzene rings is 1. The minimum Gasteiger partial charge on any atom is -0.322 e.